The summed E-state index contributed by atoms with van der Waals surface area (Å²) in [4.78, 5) is 35.1. The van der Waals surface area contributed by atoms with Crippen LogP contribution < -0.4 is 9.47 Å². The molecule has 0 aliphatic carbocycles. The van der Waals surface area contributed by atoms with Gasteiger partial charge in [0, 0.05) is 29.9 Å². The second kappa shape index (κ2) is 10.4. The Balaban J connectivity index is 1.43. The van der Waals surface area contributed by atoms with Gasteiger partial charge in [0.25, 0.3) is 5.91 Å². The van der Waals surface area contributed by atoms with Crippen LogP contribution >= 0.6 is 0 Å². The van der Waals surface area contributed by atoms with Crippen LogP contribution in [0.5, 0.6) is 11.5 Å². The topological polar surface area (TPSA) is 74.9 Å². The third kappa shape index (κ3) is 4.21. The Kier molecular flexibility index (Phi) is 6.74. The zero-order valence-electron chi connectivity index (χ0n) is 23.3. The van der Waals surface area contributed by atoms with Gasteiger partial charge in [-0.3, -0.25) is 9.59 Å². The molecule has 0 spiro atoms. The van der Waals surface area contributed by atoms with Crippen LogP contribution in [-0.2, 0) is 21.5 Å². The van der Waals surface area contributed by atoms with Crippen molar-refractivity contribution in [2.45, 2.75) is 38.1 Å². The minimum absolute atomic E-state index is 0.0423. The van der Waals surface area contributed by atoms with Crippen LogP contribution in [0.25, 0.3) is 10.9 Å². The maximum atomic E-state index is 14.3. The first-order valence-corrected chi connectivity index (χ1v) is 14.0. The van der Waals surface area contributed by atoms with Crippen molar-refractivity contribution >= 4 is 22.7 Å². The van der Waals surface area contributed by atoms with Crippen molar-refractivity contribution in [1.29, 1.82) is 0 Å². The van der Waals surface area contributed by atoms with Gasteiger partial charge < -0.3 is 24.3 Å². The quantitative estimate of drug-likeness (QED) is 0.334. The van der Waals surface area contributed by atoms with Crippen LogP contribution in [0, 0.1) is 0 Å². The predicted octanol–water partition coefficient (Wildman–Crippen LogP) is 5.24. The van der Waals surface area contributed by atoms with Crippen LogP contribution in [0.1, 0.15) is 48.6 Å². The monoisotopic (exact) mass is 537 g/mol. The number of aromatic amines is 1. The number of carbonyl (C=O) groups is 2. The van der Waals surface area contributed by atoms with E-state index in [0.29, 0.717) is 37.6 Å². The summed E-state index contributed by atoms with van der Waals surface area (Å²) in [7, 11) is 1.64. The average molecular weight is 538 g/mol. The molecule has 206 valence electrons. The Hall–Kier alpha value is -4.26. The number of H-pyrrole nitrogens is 1. The number of methoxy groups -OCH3 is 1. The molecule has 6 rings (SSSR count). The maximum Gasteiger partial charge on any atom is 0.254 e. The van der Waals surface area contributed by atoms with Gasteiger partial charge in [0.1, 0.15) is 0 Å². The third-order valence-corrected chi connectivity index (χ3v) is 8.38. The number of nitrogens with one attached hydrogen (secondary N) is 1. The lowest BCUT2D eigenvalue weighted by Crippen LogP contribution is -2.67. The summed E-state index contributed by atoms with van der Waals surface area (Å²) < 4.78 is 11.6. The van der Waals surface area contributed by atoms with E-state index in [-0.39, 0.29) is 24.3 Å². The highest BCUT2D eigenvalue weighted by Crippen LogP contribution is 2.49. The van der Waals surface area contributed by atoms with E-state index in [1.165, 1.54) is 0 Å². The largest absolute Gasteiger partial charge is 0.493 e. The van der Waals surface area contributed by atoms with E-state index in [4.69, 9.17) is 9.47 Å². The molecule has 1 aromatic heterocycles. The number of benzene rings is 3. The Bertz CT molecular complexity index is 1560. The molecule has 3 aromatic carbocycles. The molecular weight excluding hydrogens is 502 g/mol. The number of hydrogen-bond acceptors (Lipinski definition) is 4. The molecule has 2 aliphatic heterocycles. The van der Waals surface area contributed by atoms with E-state index in [0.717, 1.165) is 39.7 Å². The SMILES string of the molecule is CCCOc1ccc([C@@H]2CN3C(=O)CN(CCc4ccccc4)C(=O)[C@]3(C)c3[nH]c4ccccc4c32)cc1OC. The average Bonchev–Trinajstić information content (AvgIpc) is 3.38. The summed E-state index contributed by atoms with van der Waals surface area (Å²) in [6, 6.07) is 24.2. The summed E-state index contributed by atoms with van der Waals surface area (Å²) in [5.74, 6) is 1.13. The molecule has 3 heterocycles. The minimum atomic E-state index is -1.12. The van der Waals surface area contributed by atoms with Crippen molar-refractivity contribution in [2.24, 2.45) is 0 Å². The molecule has 7 heteroatoms. The predicted molar refractivity (Wildman–Crippen MR) is 155 cm³/mol. The molecule has 0 saturated carbocycles. The van der Waals surface area contributed by atoms with Gasteiger partial charge in [-0.1, -0.05) is 61.5 Å². The van der Waals surface area contributed by atoms with Crippen LogP contribution in [-0.4, -0.2) is 59.9 Å². The minimum Gasteiger partial charge on any atom is -0.493 e. The first-order chi connectivity index (χ1) is 19.5. The normalized spacial score (nSPS) is 20.4. The molecule has 7 nitrogen and oxygen atoms in total. The highest BCUT2D eigenvalue weighted by Gasteiger charge is 2.56. The first kappa shape index (κ1) is 26.0. The summed E-state index contributed by atoms with van der Waals surface area (Å²) in [5.41, 5.74) is 3.84. The van der Waals surface area contributed by atoms with Crippen molar-refractivity contribution in [3.8, 4) is 11.5 Å². The van der Waals surface area contributed by atoms with E-state index < -0.39 is 5.54 Å². The lowest BCUT2D eigenvalue weighted by molar-refractivity contribution is -0.166. The molecule has 1 N–H and O–H groups in total. The molecule has 0 bridgehead atoms. The molecule has 0 unspecified atom stereocenters. The summed E-state index contributed by atoms with van der Waals surface area (Å²) in [6.45, 7) is 5.55. The van der Waals surface area contributed by atoms with Gasteiger partial charge in [0.2, 0.25) is 5.91 Å². The van der Waals surface area contributed by atoms with Gasteiger partial charge in [-0.15, -0.1) is 0 Å². The van der Waals surface area contributed by atoms with E-state index >= 15 is 0 Å². The number of amides is 2. The van der Waals surface area contributed by atoms with Gasteiger partial charge in [-0.05, 0) is 54.7 Å². The van der Waals surface area contributed by atoms with Gasteiger partial charge in [-0.25, -0.2) is 0 Å². The van der Waals surface area contributed by atoms with Crippen molar-refractivity contribution in [3.63, 3.8) is 0 Å². The summed E-state index contributed by atoms with van der Waals surface area (Å²) in [6.07, 6.45) is 1.60. The maximum absolute atomic E-state index is 14.3. The molecule has 4 aromatic rings. The molecule has 2 aliphatic rings. The fraction of sp³-hybridized carbons (Fsp3) is 0.333. The van der Waals surface area contributed by atoms with Gasteiger partial charge in [0.15, 0.2) is 17.0 Å². The van der Waals surface area contributed by atoms with Crippen LogP contribution in [0.15, 0.2) is 72.8 Å². The molecule has 0 radical (unpaired) electrons. The number of aromatic nitrogens is 1. The van der Waals surface area contributed by atoms with E-state index in [1.807, 2.05) is 55.5 Å². The second-order valence-corrected chi connectivity index (χ2v) is 10.8. The van der Waals surface area contributed by atoms with Crippen molar-refractivity contribution in [3.05, 3.63) is 95.2 Å². The van der Waals surface area contributed by atoms with Crippen LogP contribution in [0.4, 0.5) is 0 Å². The standard InChI is InChI=1S/C33H35N3O4/c1-4-18-40-27-15-14-23(19-28(27)39-3)25-20-36-29(37)21-35(17-16-22-10-6-5-7-11-22)32(38)33(36,2)31-30(25)24-12-8-9-13-26(24)34-31/h5-15,19,25,34H,4,16-18,20-21H2,1-3H3/t25-,33-/m0/s1. The van der Waals surface area contributed by atoms with Crippen molar-refractivity contribution in [2.75, 3.05) is 33.4 Å². The van der Waals surface area contributed by atoms with E-state index in [2.05, 4.69) is 36.2 Å². The van der Waals surface area contributed by atoms with Crippen molar-refractivity contribution in [1.82, 2.24) is 14.8 Å². The lowest BCUT2D eigenvalue weighted by atomic mass is 9.76. The molecule has 2 atom stereocenters. The Morgan fingerprint density at radius 2 is 1.77 bits per heavy atom. The Morgan fingerprint density at radius 1 is 1.00 bits per heavy atom. The zero-order valence-corrected chi connectivity index (χ0v) is 23.3. The fourth-order valence-corrected chi connectivity index (χ4v) is 6.30. The number of carbonyl (C=O) groups excluding carboxylic acids is 2. The number of hydrogen-bond donors (Lipinski definition) is 1. The lowest BCUT2D eigenvalue weighted by Gasteiger charge is -2.51. The summed E-state index contributed by atoms with van der Waals surface area (Å²) in [5, 5.41) is 1.07. The number of rotatable bonds is 8. The Morgan fingerprint density at radius 3 is 2.55 bits per heavy atom. The highest BCUT2D eigenvalue weighted by molar-refractivity contribution is 6.01. The van der Waals surface area contributed by atoms with Gasteiger partial charge in [-0.2, -0.15) is 0 Å². The second-order valence-electron chi connectivity index (χ2n) is 10.8. The number of fused-ring (bicyclic) bond motifs is 5. The smallest absolute Gasteiger partial charge is 0.254 e. The fourth-order valence-electron chi connectivity index (χ4n) is 6.30. The third-order valence-electron chi connectivity index (χ3n) is 8.38. The Labute approximate surface area is 234 Å². The first-order valence-electron chi connectivity index (χ1n) is 14.0. The molecule has 1 fully saturated rings. The molecular formula is C33H35N3O4. The number of nitrogens with zero attached hydrogens (tertiary/aromatic N) is 2. The van der Waals surface area contributed by atoms with Gasteiger partial charge in [0.05, 0.1) is 26.0 Å². The molecule has 1 saturated heterocycles. The number of ether oxygens (including phenoxy) is 2. The molecule has 2 amide bonds. The van der Waals surface area contributed by atoms with Crippen LogP contribution in [0.3, 0.4) is 0 Å². The van der Waals surface area contributed by atoms with Gasteiger partial charge >= 0.3 is 0 Å². The van der Waals surface area contributed by atoms with E-state index in [1.54, 1.807) is 16.9 Å². The van der Waals surface area contributed by atoms with Crippen molar-refractivity contribution < 1.29 is 19.1 Å². The van der Waals surface area contributed by atoms with Crippen LogP contribution in [0.2, 0.25) is 0 Å². The zero-order chi connectivity index (χ0) is 27.9. The summed E-state index contributed by atoms with van der Waals surface area (Å²) >= 11 is 0. The number of piperazine rings is 1. The number of para-hydroxylation sites is 1. The van der Waals surface area contributed by atoms with E-state index in [9.17, 15) is 9.59 Å². The molecule has 40 heavy (non-hydrogen) atoms. The highest BCUT2D eigenvalue weighted by atomic mass is 16.5.